The molecule has 1 amide bonds. The molecule has 2 aromatic carbocycles. The number of nitrogens with zero attached hydrogens (tertiary/aromatic N) is 4. The Morgan fingerprint density at radius 3 is 1.34 bits per heavy atom. The SMILES string of the molecule is CCCCC1=C(C)c2nc1cc1[n-]c(c(C)c1CCCC)c(-c1ccc(C(=O)NCCC)cc1)c1nc(cc3[n-]c(c(C)c3CCCC)c2-c2cc(C(C)(C)C)cc(C(C)(C)C)c2)C(CCCC)=C1C.[Zn+2]. The summed E-state index contributed by atoms with van der Waals surface area (Å²) in [5, 5.41) is 3.07. The number of rotatable bonds is 17. The third-order valence-electron chi connectivity index (χ3n) is 14.9. The topological polar surface area (TPSA) is 83.1 Å². The number of amides is 1. The van der Waals surface area contributed by atoms with Crippen molar-refractivity contribution < 1.29 is 24.3 Å². The Hall–Kier alpha value is -4.87. The van der Waals surface area contributed by atoms with E-state index in [4.69, 9.17) is 19.9 Å². The second kappa shape index (κ2) is 23.3. The summed E-state index contributed by atoms with van der Waals surface area (Å²) in [7, 11) is 0. The summed E-state index contributed by atoms with van der Waals surface area (Å²) in [5.41, 5.74) is 25.4. The van der Waals surface area contributed by atoms with Gasteiger partial charge in [0.25, 0.3) is 5.91 Å². The minimum absolute atomic E-state index is 0. The number of fused-ring (bicyclic) bond motifs is 8. The van der Waals surface area contributed by atoms with E-state index in [-0.39, 0.29) is 36.2 Å². The average molecular weight is 1000 g/mol. The molecule has 0 spiro atoms. The van der Waals surface area contributed by atoms with Crippen molar-refractivity contribution in [1.29, 1.82) is 0 Å². The Morgan fingerprint density at radius 2 is 0.944 bits per heavy atom. The molecule has 372 valence electrons. The summed E-state index contributed by atoms with van der Waals surface area (Å²) >= 11 is 0. The minimum Gasteiger partial charge on any atom is -0.657 e. The molecule has 0 unspecified atom stereocenters. The molecule has 0 atom stereocenters. The van der Waals surface area contributed by atoms with Gasteiger partial charge in [-0.05, 0) is 164 Å². The van der Waals surface area contributed by atoms with Crippen molar-refractivity contribution in [1.82, 2.24) is 25.3 Å². The van der Waals surface area contributed by atoms with E-state index in [0.717, 1.165) is 145 Å². The first-order chi connectivity index (χ1) is 33.4. The van der Waals surface area contributed by atoms with Gasteiger partial charge in [-0.15, -0.1) is 22.1 Å². The van der Waals surface area contributed by atoms with Crippen molar-refractivity contribution >= 4 is 50.3 Å². The summed E-state index contributed by atoms with van der Waals surface area (Å²) in [6.45, 7) is 34.9. The fraction of sp³-hybridized carbons (Fsp3) is 0.484. The molecule has 0 fully saturated rings. The first-order valence-electron chi connectivity index (χ1n) is 27.0. The summed E-state index contributed by atoms with van der Waals surface area (Å²) in [5.74, 6) is -0.0532. The van der Waals surface area contributed by atoms with Crippen LogP contribution in [-0.2, 0) is 43.1 Å². The number of benzene rings is 2. The van der Waals surface area contributed by atoms with Gasteiger partial charge < -0.3 is 15.3 Å². The molecule has 5 aromatic rings. The number of carbonyl (C=O) groups excluding carboxylic acids is 1. The van der Waals surface area contributed by atoms with Gasteiger partial charge in [-0.25, -0.2) is 9.97 Å². The largest absolute Gasteiger partial charge is 2.00 e. The van der Waals surface area contributed by atoms with Crippen LogP contribution in [0.5, 0.6) is 0 Å². The second-order valence-corrected chi connectivity index (χ2v) is 22.4. The molecule has 0 saturated heterocycles. The second-order valence-electron chi connectivity index (χ2n) is 22.4. The maximum absolute atomic E-state index is 13.2. The molecule has 1 N–H and O–H groups in total. The van der Waals surface area contributed by atoms with E-state index in [1.54, 1.807) is 0 Å². The van der Waals surface area contributed by atoms with Crippen molar-refractivity contribution in [2.75, 3.05) is 6.54 Å². The van der Waals surface area contributed by atoms with Crippen LogP contribution in [-0.4, -0.2) is 22.4 Å². The van der Waals surface area contributed by atoms with E-state index < -0.39 is 0 Å². The van der Waals surface area contributed by atoms with Gasteiger partial charge in [0.1, 0.15) is 0 Å². The van der Waals surface area contributed by atoms with E-state index in [1.807, 2.05) is 12.1 Å². The van der Waals surface area contributed by atoms with E-state index in [1.165, 1.54) is 61.2 Å². The molecule has 2 aliphatic heterocycles. The molecule has 0 radical (unpaired) electrons. The van der Waals surface area contributed by atoms with Gasteiger partial charge >= 0.3 is 19.5 Å². The van der Waals surface area contributed by atoms with Gasteiger partial charge in [-0.3, -0.25) is 4.79 Å². The van der Waals surface area contributed by atoms with Gasteiger partial charge in [0.2, 0.25) is 0 Å². The van der Waals surface area contributed by atoms with Gasteiger partial charge in [0.05, 0.1) is 22.8 Å². The molecule has 0 aliphatic carbocycles. The van der Waals surface area contributed by atoms with Crippen LogP contribution >= 0.6 is 0 Å². The predicted molar refractivity (Wildman–Crippen MR) is 301 cm³/mol. The first-order valence-corrected chi connectivity index (χ1v) is 27.0. The van der Waals surface area contributed by atoms with Crippen molar-refractivity contribution in [3.63, 3.8) is 0 Å². The van der Waals surface area contributed by atoms with Crippen molar-refractivity contribution in [3.05, 3.63) is 116 Å². The number of carbonyl (C=O) groups is 1. The van der Waals surface area contributed by atoms with E-state index in [9.17, 15) is 4.79 Å². The number of hydrogen-bond acceptors (Lipinski definition) is 3. The fourth-order valence-corrected chi connectivity index (χ4v) is 10.4. The smallest absolute Gasteiger partial charge is 0.657 e. The summed E-state index contributed by atoms with van der Waals surface area (Å²) in [4.78, 5) is 36.4. The maximum Gasteiger partial charge on any atom is 2.00 e. The number of aryl methyl sites for hydroxylation is 4. The van der Waals surface area contributed by atoms with Crippen LogP contribution in [0.2, 0.25) is 0 Å². The molecule has 6 nitrogen and oxygen atoms in total. The molecule has 71 heavy (non-hydrogen) atoms. The molecule has 3 aromatic heterocycles. The quantitative estimate of drug-likeness (QED) is 0.0939. The summed E-state index contributed by atoms with van der Waals surface area (Å²) in [6.07, 6.45) is 13.2. The normalized spacial score (nSPS) is 13.1. The van der Waals surface area contributed by atoms with Crippen LogP contribution in [0.25, 0.3) is 66.6 Å². The maximum atomic E-state index is 13.2. The van der Waals surface area contributed by atoms with Gasteiger partial charge in [0, 0.05) is 12.1 Å². The summed E-state index contributed by atoms with van der Waals surface area (Å²) < 4.78 is 0. The van der Waals surface area contributed by atoms with E-state index in [2.05, 4.69) is 152 Å². The molecule has 2 aliphatic rings. The fourth-order valence-electron chi connectivity index (χ4n) is 10.4. The molecular weight excluding hydrogens is 920 g/mol. The minimum atomic E-state index is -0.0721. The van der Waals surface area contributed by atoms with Gasteiger partial charge in [0.15, 0.2) is 0 Å². The summed E-state index contributed by atoms with van der Waals surface area (Å²) in [6, 6.07) is 20.1. The van der Waals surface area contributed by atoms with Crippen LogP contribution in [0.3, 0.4) is 0 Å². The third-order valence-corrected chi connectivity index (χ3v) is 14.9. The van der Waals surface area contributed by atoms with E-state index in [0.29, 0.717) is 12.1 Å². The van der Waals surface area contributed by atoms with Crippen LogP contribution < -0.4 is 15.3 Å². The molecular formula is C64H83N5OZn. The molecule has 8 bridgehead atoms. The standard InChI is InChI=1S/C64H84N5O.Zn/c1-16-21-25-48-39(6)58-56(43-29-31-44(32-30-43)62(70)65-33-20-5)59-40(7)49(26-22-17-2)53(67-59)38-55-51(28-24-19-4)42(9)61(69-55)57(45-34-46(63(10,11)12)36-47(35-45)64(13,14)15)60-41(8)50(27-23-18-3)54(68-60)37-52(48)66-58;/h29-32,34-38H,16-28,33H2,1-15H3,(H2-,65,66,67,68,69,70);/q-1;+2/p-1. The number of allylic oxidation sites excluding steroid dienone is 4. The Kier molecular flexibility index (Phi) is 18.2. The Bertz CT molecular complexity index is 2950. The Balaban J connectivity index is 0.00000825. The van der Waals surface area contributed by atoms with Crippen LogP contribution in [0.15, 0.2) is 54.6 Å². The van der Waals surface area contributed by atoms with E-state index >= 15 is 0 Å². The number of nitrogens with one attached hydrogen (secondary N) is 1. The molecule has 0 saturated carbocycles. The van der Waals surface area contributed by atoms with Gasteiger partial charge in [-0.1, -0.05) is 167 Å². The van der Waals surface area contributed by atoms with Crippen LogP contribution in [0, 0.1) is 13.8 Å². The monoisotopic (exact) mass is 1000 g/mol. The third kappa shape index (κ3) is 11.7. The number of unbranched alkanes of at least 4 members (excludes halogenated alkanes) is 4. The zero-order chi connectivity index (χ0) is 50.7. The Morgan fingerprint density at radius 1 is 0.535 bits per heavy atom. The van der Waals surface area contributed by atoms with Crippen molar-refractivity contribution in [2.24, 2.45) is 0 Å². The predicted octanol–water partition coefficient (Wildman–Crippen LogP) is 17.2. The number of hydrogen-bond donors (Lipinski definition) is 1. The molecule has 5 heterocycles. The van der Waals surface area contributed by atoms with Crippen LogP contribution in [0.4, 0.5) is 0 Å². The zero-order valence-electron chi connectivity index (χ0n) is 46.5. The average Bonchev–Trinajstić information content (AvgIpc) is 4.00. The van der Waals surface area contributed by atoms with Crippen molar-refractivity contribution in [2.45, 2.75) is 198 Å². The van der Waals surface area contributed by atoms with Crippen LogP contribution in [0.1, 0.15) is 227 Å². The number of aromatic nitrogens is 4. The Labute approximate surface area is 440 Å². The first kappa shape index (κ1) is 55.4. The van der Waals surface area contributed by atoms with Gasteiger partial charge in [-0.2, -0.15) is 0 Å². The molecule has 7 rings (SSSR count). The zero-order valence-corrected chi connectivity index (χ0v) is 49.5. The molecule has 7 heteroatoms. The van der Waals surface area contributed by atoms with Crippen molar-refractivity contribution in [3.8, 4) is 22.3 Å².